The Hall–Kier alpha value is -1.97. The van der Waals surface area contributed by atoms with Gasteiger partial charge >= 0.3 is 0 Å². The summed E-state index contributed by atoms with van der Waals surface area (Å²) in [6, 6.07) is 8.08. The average Bonchev–Trinajstić information content (AvgIpc) is 2.79. The second kappa shape index (κ2) is 5.99. The number of carbonyl (C=O) groups is 1. The van der Waals surface area contributed by atoms with Crippen molar-refractivity contribution < 1.29 is 9.53 Å². The number of nitrogens with zero attached hydrogens (tertiary/aromatic N) is 2. The molecule has 0 unspecified atom stereocenters. The molecule has 1 aromatic carbocycles. The number of benzene rings is 1. The fraction of sp³-hybridized carbons (Fsp3) is 0.438. The molecule has 4 nitrogen and oxygen atoms in total. The highest BCUT2D eigenvalue weighted by molar-refractivity contribution is 5.86. The minimum absolute atomic E-state index is 0.140. The number of hydrogen-bond donors (Lipinski definition) is 0. The van der Waals surface area contributed by atoms with E-state index < -0.39 is 0 Å². The largest absolute Gasteiger partial charge is 0.490 e. The van der Waals surface area contributed by atoms with Crippen molar-refractivity contribution in [3.05, 3.63) is 30.5 Å². The molecule has 1 amide bonds. The van der Waals surface area contributed by atoms with Crippen LogP contribution in [0.3, 0.4) is 0 Å². The van der Waals surface area contributed by atoms with Crippen molar-refractivity contribution in [1.82, 2.24) is 9.47 Å². The number of aryl methyl sites for hydroxylation is 1. The molecule has 4 heteroatoms. The first kappa shape index (κ1) is 14.4. The molecular weight excluding hydrogens is 252 g/mol. The van der Waals surface area contributed by atoms with Gasteiger partial charge in [0.2, 0.25) is 5.91 Å². The Labute approximate surface area is 119 Å². The van der Waals surface area contributed by atoms with Gasteiger partial charge in [-0.05, 0) is 32.0 Å². The van der Waals surface area contributed by atoms with Crippen LogP contribution in [0.5, 0.6) is 5.75 Å². The first-order chi connectivity index (χ1) is 9.49. The topological polar surface area (TPSA) is 34.5 Å². The second-order valence-electron chi connectivity index (χ2n) is 5.40. The highest BCUT2D eigenvalue weighted by atomic mass is 16.5. The monoisotopic (exact) mass is 274 g/mol. The lowest BCUT2D eigenvalue weighted by Crippen LogP contribution is -2.22. The van der Waals surface area contributed by atoms with Gasteiger partial charge in [0.05, 0.1) is 11.6 Å². The van der Waals surface area contributed by atoms with Crippen LogP contribution in [0.25, 0.3) is 10.9 Å². The van der Waals surface area contributed by atoms with E-state index in [-0.39, 0.29) is 12.0 Å². The van der Waals surface area contributed by atoms with Crippen LogP contribution in [0.2, 0.25) is 0 Å². The van der Waals surface area contributed by atoms with Gasteiger partial charge in [-0.15, -0.1) is 0 Å². The number of carbonyl (C=O) groups excluding carboxylic acids is 1. The molecule has 1 heterocycles. The molecule has 0 atom stereocenters. The maximum atomic E-state index is 11.7. The van der Waals surface area contributed by atoms with Gasteiger partial charge in [-0.25, -0.2) is 0 Å². The van der Waals surface area contributed by atoms with Crippen LogP contribution in [0, 0.1) is 0 Å². The summed E-state index contributed by atoms with van der Waals surface area (Å²) in [5.41, 5.74) is 1.11. The van der Waals surface area contributed by atoms with Gasteiger partial charge in [0.15, 0.2) is 0 Å². The van der Waals surface area contributed by atoms with Crippen LogP contribution >= 0.6 is 0 Å². The molecular formula is C16H22N2O2. The first-order valence-electron chi connectivity index (χ1n) is 6.93. The number of hydrogen-bond acceptors (Lipinski definition) is 2. The van der Waals surface area contributed by atoms with Gasteiger partial charge in [-0.1, -0.05) is 6.07 Å². The van der Waals surface area contributed by atoms with E-state index in [2.05, 4.69) is 10.6 Å². The van der Waals surface area contributed by atoms with Crippen molar-refractivity contribution in [2.75, 3.05) is 14.1 Å². The third-order valence-corrected chi connectivity index (χ3v) is 3.20. The number of aromatic nitrogens is 1. The Kier molecular flexibility index (Phi) is 4.32. The number of fused-ring (bicyclic) bond motifs is 1. The number of amides is 1. The summed E-state index contributed by atoms with van der Waals surface area (Å²) in [6.07, 6.45) is 2.67. The zero-order valence-corrected chi connectivity index (χ0v) is 12.6. The molecule has 0 saturated heterocycles. The highest BCUT2D eigenvalue weighted by Crippen LogP contribution is 2.27. The van der Waals surface area contributed by atoms with E-state index in [0.717, 1.165) is 16.7 Å². The molecule has 108 valence electrons. The summed E-state index contributed by atoms with van der Waals surface area (Å²) >= 11 is 0. The van der Waals surface area contributed by atoms with Crippen LogP contribution in [-0.4, -0.2) is 35.6 Å². The molecule has 0 saturated carbocycles. The summed E-state index contributed by atoms with van der Waals surface area (Å²) in [7, 11) is 3.56. The second-order valence-corrected chi connectivity index (χ2v) is 5.40. The summed E-state index contributed by atoms with van der Waals surface area (Å²) in [6.45, 7) is 4.73. The van der Waals surface area contributed by atoms with E-state index >= 15 is 0 Å². The third kappa shape index (κ3) is 3.13. The maximum Gasteiger partial charge on any atom is 0.223 e. The van der Waals surface area contributed by atoms with Crippen molar-refractivity contribution in [3.8, 4) is 5.75 Å². The standard InChI is InChI=1S/C16H22N2O2/c1-12(2)20-15-7-5-6-14-13(15)8-10-18(14)11-9-16(19)17(3)4/h5-8,10,12H,9,11H2,1-4H3. The van der Waals surface area contributed by atoms with Gasteiger partial charge in [-0.3, -0.25) is 4.79 Å². The summed E-state index contributed by atoms with van der Waals surface area (Å²) < 4.78 is 7.92. The van der Waals surface area contributed by atoms with Crippen LogP contribution in [0.4, 0.5) is 0 Å². The molecule has 2 rings (SSSR count). The summed E-state index contributed by atoms with van der Waals surface area (Å²) in [4.78, 5) is 13.3. The van der Waals surface area contributed by atoms with Gasteiger partial charge in [0.25, 0.3) is 0 Å². The van der Waals surface area contributed by atoms with Crippen molar-refractivity contribution in [3.63, 3.8) is 0 Å². The summed E-state index contributed by atoms with van der Waals surface area (Å²) in [5, 5.41) is 1.10. The van der Waals surface area contributed by atoms with Crippen LogP contribution in [0.1, 0.15) is 20.3 Å². The van der Waals surface area contributed by atoms with Crippen molar-refractivity contribution >= 4 is 16.8 Å². The Balaban J connectivity index is 2.22. The molecule has 0 aliphatic rings. The maximum absolute atomic E-state index is 11.7. The van der Waals surface area contributed by atoms with Crippen LogP contribution < -0.4 is 4.74 Å². The lowest BCUT2D eigenvalue weighted by Gasteiger charge is -2.12. The quantitative estimate of drug-likeness (QED) is 0.840. The zero-order valence-electron chi connectivity index (χ0n) is 12.6. The molecule has 1 aromatic heterocycles. The van der Waals surface area contributed by atoms with Gasteiger partial charge in [-0.2, -0.15) is 0 Å². The zero-order chi connectivity index (χ0) is 14.7. The van der Waals surface area contributed by atoms with Crippen LogP contribution in [0.15, 0.2) is 30.5 Å². The first-order valence-corrected chi connectivity index (χ1v) is 6.93. The molecule has 0 aliphatic heterocycles. The lowest BCUT2D eigenvalue weighted by atomic mass is 10.2. The molecule has 0 radical (unpaired) electrons. The van der Waals surface area contributed by atoms with E-state index in [1.54, 1.807) is 19.0 Å². The van der Waals surface area contributed by atoms with Crippen LogP contribution in [-0.2, 0) is 11.3 Å². The van der Waals surface area contributed by atoms with E-state index in [1.807, 2.05) is 38.2 Å². The van der Waals surface area contributed by atoms with E-state index in [0.29, 0.717) is 13.0 Å². The Bertz CT molecular complexity index is 600. The van der Waals surface area contributed by atoms with Gasteiger partial charge in [0, 0.05) is 38.6 Å². The molecule has 0 aliphatic carbocycles. The minimum atomic E-state index is 0.140. The smallest absolute Gasteiger partial charge is 0.223 e. The van der Waals surface area contributed by atoms with Gasteiger partial charge < -0.3 is 14.2 Å². The molecule has 0 N–H and O–H groups in total. The van der Waals surface area contributed by atoms with E-state index in [4.69, 9.17) is 4.74 Å². The van der Waals surface area contributed by atoms with E-state index in [1.165, 1.54) is 0 Å². The lowest BCUT2D eigenvalue weighted by molar-refractivity contribution is -0.128. The Morgan fingerprint density at radius 2 is 2.05 bits per heavy atom. The summed E-state index contributed by atoms with van der Waals surface area (Å²) in [5.74, 6) is 1.04. The average molecular weight is 274 g/mol. The number of ether oxygens (including phenoxy) is 1. The SMILES string of the molecule is CC(C)Oc1cccc2c1ccn2CCC(=O)N(C)C. The Morgan fingerprint density at radius 3 is 2.70 bits per heavy atom. The fourth-order valence-electron chi connectivity index (χ4n) is 2.19. The molecule has 20 heavy (non-hydrogen) atoms. The predicted molar refractivity (Wildman–Crippen MR) is 81.0 cm³/mol. The van der Waals surface area contributed by atoms with E-state index in [9.17, 15) is 4.79 Å². The Morgan fingerprint density at radius 1 is 1.30 bits per heavy atom. The third-order valence-electron chi connectivity index (χ3n) is 3.20. The van der Waals surface area contributed by atoms with Crippen molar-refractivity contribution in [2.24, 2.45) is 0 Å². The van der Waals surface area contributed by atoms with Crippen molar-refractivity contribution in [1.29, 1.82) is 0 Å². The van der Waals surface area contributed by atoms with Crippen molar-refractivity contribution in [2.45, 2.75) is 32.9 Å². The molecule has 0 spiro atoms. The van der Waals surface area contributed by atoms with Gasteiger partial charge in [0.1, 0.15) is 5.75 Å². The molecule has 0 bridgehead atoms. The number of rotatable bonds is 5. The molecule has 0 fully saturated rings. The highest BCUT2D eigenvalue weighted by Gasteiger charge is 2.09. The predicted octanol–water partition coefficient (Wildman–Crippen LogP) is 2.91. The molecule has 2 aromatic rings. The fourth-order valence-corrected chi connectivity index (χ4v) is 2.19. The normalized spacial score (nSPS) is 11.1. The minimum Gasteiger partial charge on any atom is -0.490 e.